The zero-order chi connectivity index (χ0) is 11.8. The summed E-state index contributed by atoms with van der Waals surface area (Å²) in [7, 11) is -3.18. The van der Waals surface area contributed by atoms with Gasteiger partial charge in [0.05, 0.1) is 4.90 Å². The van der Waals surface area contributed by atoms with Crippen LogP contribution >= 0.6 is 27.3 Å². The lowest BCUT2D eigenvalue weighted by Crippen LogP contribution is -1.96. The van der Waals surface area contributed by atoms with Crippen LogP contribution in [-0.2, 0) is 9.84 Å². The molecular weight excluding hydrogens is 312 g/mol. The van der Waals surface area contributed by atoms with Gasteiger partial charge in [-0.3, -0.25) is 0 Å². The molecule has 0 aliphatic rings. The number of rotatable bonds is 2. The van der Waals surface area contributed by atoms with Gasteiger partial charge < -0.3 is 0 Å². The van der Waals surface area contributed by atoms with E-state index >= 15 is 0 Å². The van der Waals surface area contributed by atoms with E-state index in [9.17, 15) is 8.42 Å². The fourth-order valence-electron chi connectivity index (χ4n) is 1.18. The number of hydrogen-bond donors (Lipinski definition) is 0. The summed E-state index contributed by atoms with van der Waals surface area (Å²) in [6, 6.07) is 6.67. The first-order valence-electron chi connectivity index (χ1n) is 4.26. The van der Waals surface area contributed by atoms with Crippen molar-refractivity contribution in [3.8, 4) is 10.6 Å². The molecule has 1 aromatic carbocycles. The first-order valence-corrected chi connectivity index (χ1v) is 7.76. The van der Waals surface area contributed by atoms with Crippen molar-refractivity contribution in [1.29, 1.82) is 0 Å². The average Bonchev–Trinajstić information content (AvgIpc) is 2.64. The second kappa shape index (κ2) is 4.23. The van der Waals surface area contributed by atoms with E-state index in [-0.39, 0.29) is 4.90 Å². The maximum atomic E-state index is 11.4. The number of aromatic nitrogens is 2. The van der Waals surface area contributed by atoms with Crippen LogP contribution < -0.4 is 0 Å². The van der Waals surface area contributed by atoms with Crippen LogP contribution in [0.15, 0.2) is 33.1 Å². The minimum Gasteiger partial charge on any atom is -0.224 e. The Kier molecular flexibility index (Phi) is 3.09. The predicted molar refractivity (Wildman–Crippen MR) is 66.2 cm³/mol. The van der Waals surface area contributed by atoms with Crippen LogP contribution in [0.25, 0.3) is 10.6 Å². The molecule has 0 saturated heterocycles. The van der Waals surface area contributed by atoms with E-state index in [1.54, 1.807) is 18.2 Å². The van der Waals surface area contributed by atoms with Crippen molar-refractivity contribution < 1.29 is 8.42 Å². The summed E-state index contributed by atoms with van der Waals surface area (Å²) >= 11 is 4.57. The van der Waals surface area contributed by atoms with Gasteiger partial charge in [0.2, 0.25) is 0 Å². The molecule has 0 amide bonds. The van der Waals surface area contributed by atoms with Gasteiger partial charge in [0.15, 0.2) is 13.8 Å². The highest BCUT2D eigenvalue weighted by molar-refractivity contribution is 9.11. The summed E-state index contributed by atoms with van der Waals surface area (Å²) in [5.41, 5.74) is 0.756. The summed E-state index contributed by atoms with van der Waals surface area (Å²) in [5.74, 6) is 0. The fraction of sp³-hybridized carbons (Fsp3) is 0.111. The molecule has 2 rings (SSSR count). The summed E-state index contributed by atoms with van der Waals surface area (Å²) < 4.78 is 23.4. The van der Waals surface area contributed by atoms with Gasteiger partial charge in [0.1, 0.15) is 5.01 Å². The first kappa shape index (κ1) is 11.7. The van der Waals surface area contributed by atoms with Crippen molar-refractivity contribution in [3.05, 3.63) is 28.2 Å². The highest BCUT2D eigenvalue weighted by Crippen LogP contribution is 2.27. The van der Waals surface area contributed by atoms with Crippen molar-refractivity contribution >= 4 is 37.1 Å². The van der Waals surface area contributed by atoms with Gasteiger partial charge in [-0.2, -0.15) is 0 Å². The fourth-order valence-corrected chi connectivity index (χ4v) is 2.96. The molecule has 4 nitrogen and oxygen atoms in total. The molecule has 16 heavy (non-hydrogen) atoms. The first-order chi connectivity index (χ1) is 7.47. The molecule has 0 spiro atoms. The van der Waals surface area contributed by atoms with Crippen molar-refractivity contribution in [1.82, 2.24) is 10.2 Å². The lowest BCUT2D eigenvalue weighted by molar-refractivity contribution is 0.602. The Labute approximate surface area is 105 Å². The summed E-state index contributed by atoms with van der Waals surface area (Å²) in [5, 5.41) is 8.45. The lowest BCUT2D eigenvalue weighted by Gasteiger charge is -1.99. The topological polar surface area (TPSA) is 59.9 Å². The lowest BCUT2D eigenvalue weighted by atomic mass is 10.2. The molecule has 84 valence electrons. The predicted octanol–water partition coefficient (Wildman–Crippen LogP) is 2.37. The maximum absolute atomic E-state index is 11.4. The number of sulfone groups is 1. The molecule has 0 aliphatic heterocycles. The van der Waals surface area contributed by atoms with E-state index in [1.165, 1.54) is 17.6 Å². The Morgan fingerprint density at radius 1 is 1.31 bits per heavy atom. The van der Waals surface area contributed by atoms with Gasteiger partial charge in [-0.1, -0.05) is 23.5 Å². The minimum absolute atomic E-state index is 0.288. The molecule has 1 aromatic heterocycles. The van der Waals surface area contributed by atoms with Crippen molar-refractivity contribution in [3.63, 3.8) is 0 Å². The van der Waals surface area contributed by atoms with E-state index in [0.29, 0.717) is 8.92 Å². The zero-order valence-electron chi connectivity index (χ0n) is 8.21. The van der Waals surface area contributed by atoms with Gasteiger partial charge in [0.25, 0.3) is 0 Å². The molecule has 0 unspecified atom stereocenters. The van der Waals surface area contributed by atoms with Crippen molar-refractivity contribution in [2.45, 2.75) is 4.90 Å². The molecule has 0 N–H and O–H groups in total. The van der Waals surface area contributed by atoms with Crippen LogP contribution in [0.3, 0.4) is 0 Å². The molecule has 1 heterocycles. The summed E-state index contributed by atoms with van der Waals surface area (Å²) in [6.07, 6.45) is 1.18. The summed E-state index contributed by atoms with van der Waals surface area (Å²) in [6.45, 7) is 0. The molecule has 0 fully saturated rings. The average molecular weight is 319 g/mol. The molecule has 7 heteroatoms. The highest BCUT2D eigenvalue weighted by atomic mass is 79.9. The van der Waals surface area contributed by atoms with Crippen molar-refractivity contribution in [2.75, 3.05) is 6.26 Å². The Bertz CT molecular complexity index is 622. The molecular formula is C9H7BrN2O2S2. The standard InChI is InChI=1S/C9H7BrN2O2S2/c1-16(13,14)7-4-2-3-6(5-7)8-11-12-9(10)15-8/h2-5H,1H3. The van der Waals surface area contributed by atoms with Crippen LogP contribution in [0.2, 0.25) is 0 Å². The monoisotopic (exact) mass is 318 g/mol. The molecule has 0 aliphatic carbocycles. The van der Waals surface area contributed by atoms with E-state index in [4.69, 9.17) is 0 Å². The quantitative estimate of drug-likeness (QED) is 0.853. The number of hydrogen-bond acceptors (Lipinski definition) is 5. The van der Waals surface area contributed by atoms with E-state index in [1.807, 2.05) is 6.07 Å². The van der Waals surface area contributed by atoms with Gasteiger partial charge in [-0.25, -0.2) is 8.42 Å². The van der Waals surface area contributed by atoms with Crippen molar-refractivity contribution in [2.24, 2.45) is 0 Å². The Morgan fingerprint density at radius 3 is 2.62 bits per heavy atom. The van der Waals surface area contributed by atoms with Crippen LogP contribution in [0, 0.1) is 0 Å². The number of benzene rings is 1. The molecule has 0 radical (unpaired) electrons. The van der Waals surface area contributed by atoms with E-state index in [0.717, 1.165) is 5.56 Å². The van der Waals surface area contributed by atoms with Gasteiger partial charge in [-0.05, 0) is 28.1 Å². The highest BCUT2D eigenvalue weighted by Gasteiger charge is 2.10. The molecule has 2 aromatic rings. The third-order valence-corrected chi connectivity index (χ3v) is 4.42. The third kappa shape index (κ3) is 2.47. The van der Waals surface area contributed by atoms with Gasteiger partial charge in [-0.15, -0.1) is 10.2 Å². The Hall–Kier alpha value is -0.790. The maximum Gasteiger partial charge on any atom is 0.183 e. The Morgan fingerprint density at radius 2 is 2.06 bits per heavy atom. The zero-order valence-corrected chi connectivity index (χ0v) is 11.4. The number of nitrogens with zero attached hydrogens (tertiary/aromatic N) is 2. The van der Waals surface area contributed by atoms with Gasteiger partial charge in [0, 0.05) is 11.8 Å². The second-order valence-corrected chi connectivity index (χ2v) is 7.43. The molecule has 0 atom stereocenters. The SMILES string of the molecule is CS(=O)(=O)c1cccc(-c2nnc(Br)s2)c1. The van der Waals surface area contributed by atoms with Crippen LogP contribution in [-0.4, -0.2) is 24.9 Å². The van der Waals surface area contributed by atoms with E-state index in [2.05, 4.69) is 26.1 Å². The third-order valence-electron chi connectivity index (χ3n) is 1.91. The Balaban J connectivity index is 2.52. The molecule has 0 bridgehead atoms. The van der Waals surface area contributed by atoms with E-state index < -0.39 is 9.84 Å². The number of halogens is 1. The molecule has 0 saturated carbocycles. The van der Waals surface area contributed by atoms with Crippen LogP contribution in [0.5, 0.6) is 0 Å². The summed E-state index contributed by atoms with van der Waals surface area (Å²) in [4.78, 5) is 0.288. The minimum atomic E-state index is -3.18. The van der Waals surface area contributed by atoms with Crippen LogP contribution in [0.1, 0.15) is 0 Å². The normalized spacial score (nSPS) is 11.6. The van der Waals surface area contributed by atoms with Crippen LogP contribution in [0.4, 0.5) is 0 Å². The second-order valence-electron chi connectivity index (χ2n) is 3.16. The largest absolute Gasteiger partial charge is 0.224 e. The van der Waals surface area contributed by atoms with Gasteiger partial charge >= 0.3 is 0 Å². The smallest absolute Gasteiger partial charge is 0.183 e.